The lowest BCUT2D eigenvalue weighted by Gasteiger charge is -2.40. The molecule has 0 N–H and O–H groups in total. The maximum absolute atomic E-state index is 11.9. The van der Waals surface area contributed by atoms with Crippen LogP contribution in [0, 0.1) is 0 Å². The summed E-state index contributed by atoms with van der Waals surface area (Å²) in [5, 5.41) is 3.67. The average Bonchev–Trinajstić information content (AvgIpc) is 2.44. The molecule has 4 heteroatoms. The average molecular weight is 224 g/mol. The largest absolute Gasteiger partial charge is 0.298 e. The van der Waals surface area contributed by atoms with Crippen molar-refractivity contribution in [3.63, 3.8) is 0 Å². The highest BCUT2D eigenvalue weighted by atomic mass is 16.2. The Balaban J connectivity index is 2.14. The van der Waals surface area contributed by atoms with Gasteiger partial charge in [0.25, 0.3) is 0 Å². The first-order valence-corrected chi connectivity index (χ1v) is 6.09. The number of Topliss-reactive ketones (excluding diaryl/α,β-unsaturated/α-hetero) is 1. The lowest BCUT2D eigenvalue weighted by atomic mass is 9.80. The Morgan fingerprint density at radius 1 is 1.31 bits per heavy atom. The number of carbonyl (C=O) groups excluding carboxylic acids is 2. The van der Waals surface area contributed by atoms with Crippen molar-refractivity contribution in [1.82, 2.24) is 10.0 Å². The van der Waals surface area contributed by atoms with E-state index in [4.69, 9.17) is 0 Å². The number of hydrogen-bond acceptors (Lipinski definition) is 3. The number of rotatable bonds is 2. The van der Waals surface area contributed by atoms with Crippen molar-refractivity contribution in [2.45, 2.75) is 51.0 Å². The molecule has 2 aliphatic rings. The molecule has 2 fully saturated rings. The summed E-state index contributed by atoms with van der Waals surface area (Å²) in [7, 11) is 1.96. The second kappa shape index (κ2) is 4.17. The first-order chi connectivity index (χ1) is 7.55. The molecule has 0 aromatic carbocycles. The molecule has 2 rings (SSSR count). The van der Waals surface area contributed by atoms with E-state index in [0.29, 0.717) is 6.42 Å². The van der Waals surface area contributed by atoms with Crippen molar-refractivity contribution in [2.24, 2.45) is 0 Å². The molecule has 0 atom stereocenters. The number of carbonyl (C=O) groups is 2. The Bertz CT molecular complexity index is 308. The van der Waals surface area contributed by atoms with Crippen LogP contribution in [0.15, 0.2) is 0 Å². The zero-order chi connectivity index (χ0) is 11.8. The van der Waals surface area contributed by atoms with Gasteiger partial charge in [0.15, 0.2) is 5.78 Å². The summed E-state index contributed by atoms with van der Waals surface area (Å²) >= 11 is 0. The van der Waals surface area contributed by atoms with Crippen LogP contribution in [-0.4, -0.2) is 40.8 Å². The van der Waals surface area contributed by atoms with Crippen LogP contribution in [0.25, 0.3) is 0 Å². The molecular weight excluding hydrogens is 204 g/mol. The predicted octanol–water partition coefficient (Wildman–Crippen LogP) is 1.36. The minimum Gasteiger partial charge on any atom is -0.298 e. The van der Waals surface area contributed by atoms with Crippen LogP contribution in [-0.2, 0) is 9.59 Å². The van der Waals surface area contributed by atoms with Crippen LogP contribution >= 0.6 is 0 Å². The molecule has 0 aromatic rings. The quantitative estimate of drug-likeness (QED) is 0.711. The summed E-state index contributed by atoms with van der Waals surface area (Å²) in [6.45, 7) is 1.77. The van der Waals surface area contributed by atoms with Crippen LogP contribution in [0.3, 0.4) is 0 Å². The maximum atomic E-state index is 11.9. The number of hydrazine groups is 1. The van der Waals surface area contributed by atoms with Crippen molar-refractivity contribution in [3.05, 3.63) is 0 Å². The molecule has 90 valence electrons. The standard InChI is InChI=1S/C12H20N2O2/c1-10(15)9-14-11(16)8-12(13(14)2)6-4-3-5-7-12/h3-9H2,1-2H3. The van der Waals surface area contributed by atoms with E-state index < -0.39 is 0 Å². The molecule has 1 spiro atoms. The van der Waals surface area contributed by atoms with Gasteiger partial charge < -0.3 is 0 Å². The lowest BCUT2D eigenvalue weighted by Crippen LogP contribution is -2.49. The topological polar surface area (TPSA) is 40.6 Å². The van der Waals surface area contributed by atoms with Gasteiger partial charge >= 0.3 is 0 Å². The molecule has 1 amide bonds. The minimum atomic E-state index is 0.0186. The van der Waals surface area contributed by atoms with Gasteiger partial charge in [-0.1, -0.05) is 19.3 Å². The molecule has 1 saturated carbocycles. The fourth-order valence-electron chi connectivity index (χ4n) is 3.03. The van der Waals surface area contributed by atoms with Gasteiger partial charge in [0, 0.05) is 19.0 Å². The highest BCUT2D eigenvalue weighted by Crippen LogP contribution is 2.41. The Hall–Kier alpha value is -0.900. The summed E-state index contributed by atoms with van der Waals surface area (Å²) in [4.78, 5) is 23.1. The monoisotopic (exact) mass is 224 g/mol. The van der Waals surface area contributed by atoms with E-state index in [1.807, 2.05) is 12.1 Å². The molecule has 1 heterocycles. The van der Waals surface area contributed by atoms with E-state index in [1.165, 1.54) is 26.2 Å². The van der Waals surface area contributed by atoms with E-state index in [1.54, 1.807) is 5.01 Å². The zero-order valence-corrected chi connectivity index (χ0v) is 10.2. The van der Waals surface area contributed by atoms with Gasteiger partial charge in [-0.25, -0.2) is 5.01 Å². The summed E-state index contributed by atoms with van der Waals surface area (Å²) in [6, 6.07) is 0. The SMILES string of the molecule is CC(=O)CN1C(=O)CC2(CCCCC2)N1C. The Morgan fingerprint density at radius 2 is 1.94 bits per heavy atom. The van der Waals surface area contributed by atoms with Gasteiger partial charge in [-0.2, -0.15) is 0 Å². The van der Waals surface area contributed by atoms with Gasteiger partial charge in [-0.05, 0) is 19.8 Å². The van der Waals surface area contributed by atoms with E-state index in [-0.39, 0.29) is 23.8 Å². The van der Waals surface area contributed by atoms with Crippen molar-refractivity contribution in [3.8, 4) is 0 Å². The zero-order valence-electron chi connectivity index (χ0n) is 10.2. The van der Waals surface area contributed by atoms with Crippen LogP contribution in [0.1, 0.15) is 45.4 Å². The van der Waals surface area contributed by atoms with Crippen LogP contribution in [0.5, 0.6) is 0 Å². The first kappa shape index (κ1) is 11.6. The van der Waals surface area contributed by atoms with E-state index in [0.717, 1.165) is 12.8 Å². The third-order valence-electron chi connectivity index (χ3n) is 3.97. The molecule has 4 nitrogen and oxygen atoms in total. The second-order valence-corrected chi connectivity index (χ2v) is 5.14. The summed E-state index contributed by atoms with van der Waals surface area (Å²) in [5.41, 5.74) is 0.0186. The smallest absolute Gasteiger partial charge is 0.239 e. The van der Waals surface area contributed by atoms with Crippen LogP contribution < -0.4 is 0 Å². The summed E-state index contributed by atoms with van der Waals surface area (Å²) < 4.78 is 0. The fourth-order valence-corrected chi connectivity index (χ4v) is 3.03. The predicted molar refractivity (Wildman–Crippen MR) is 60.6 cm³/mol. The van der Waals surface area contributed by atoms with Gasteiger partial charge in [0.05, 0.1) is 6.54 Å². The number of nitrogens with zero attached hydrogens (tertiary/aromatic N) is 2. The number of ketones is 1. The lowest BCUT2D eigenvalue weighted by molar-refractivity contribution is -0.144. The fraction of sp³-hybridized carbons (Fsp3) is 0.833. The molecule has 0 bridgehead atoms. The van der Waals surface area contributed by atoms with Gasteiger partial charge in [-0.3, -0.25) is 14.6 Å². The van der Waals surface area contributed by atoms with Crippen LogP contribution in [0.4, 0.5) is 0 Å². The molecular formula is C12H20N2O2. The molecule has 1 aliphatic carbocycles. The van der Waals surface area contributed by atoms with Gasteiger partial charge in [0.1, 0.15) is 0 Å². The van der Waals surface area contributed by atoms with Crippen molar-refractivity contribution in [2.75, 3.05) is 13.6 Å². The molecule has 0 aromatic heterocycles. The molecule has 0 radical (unpaired) electrons. The Labute approximate surface area is 96.6 Å². The van der Waals surface area contributed by atoms with E-state index in [9.17, 15) is 9.59 Å². The summed E-state index contributed by atoms with van der Waals surface area (Å²) in [6.07, 6.45) is 6.44. The van der Waals surface area contributed by atoms with Crippen LogP contribution in [0.2, 0.25) is 0 Å². The number of amides is 1. The Morgan fingerprint density at radius 3 is 2.50 bits per heavy atom. The van der Waals surface area contributed by atoms with Gasteiger partial charge in [-0.15, -0.1) is 0 Å². The third-order valence-corrected chi connectivity index (χ3v) is 3.97. The highest BCUT2D eigenvalue weighted by Gasteiger charge is 2.48. The van der Waals surface area contributed by atoms with Crippen molar-refractivity contribution in [1.29, 1.82) is 0 Å². The normalized spacial score (nSPS) is 25.4. The molecule has 1 aliphatic heterocycles. The molecule has 16 heavy (non-hydrogen) atoms. The highest BCUT2D eigenvalue weighted by molar-refractivity contribution is 5.86. The number of hydrogen-bond donors (Lipinski definition) is 0. The van der Waals surface area contributed by atoms with E-state index in [2.05, 4.69) is 0 Å². The van der Waals surface area contributed by atoms with E-state index >= 15 is 0 Å². The maximum Gasteiger partial charge on any atom is 0.239 e. The first-order valence-electron chi connectivity index (χ1n) is 6.09. The molecule has 1 saturated heterocycles. The van der Waals surface area contributed by atoms with Crippen molar-refractivity contribution >= 4 is 11.7 Å². The summed E-state index contributed by atoms with van der Waals surface area (Å²) in [5.74, 6) is 0.160. The molecule has 0 unspecified atom stereocenters. The van der Waals surface area contributed by atoms with Crippen molar-refractivity contribution < 1.29 is 9.59 Å². The second-order valence-electron chi connectivity index (χ2n) is 5.14. The third kappa shape index (κ3) is 1.86. The minimum absolute atomic E-state index is 0.0186. The van der Waals surface area contributed by atoms with Gasteiger partial charge in [0.2, 0.25) is 5.91 Å². The Kier molecular flexibility index (Phi) is 3.02.